The Morgan fingerprint density at radius 3 is 2.41 bits per heavy atom. The van der Waals surface area contributed by atoms with Crippen LogP contribution in [-0.2, 0) is 9.53 Å². The van der Waals surface area contributed by atoms with Gasteiger partial charge >= 0.3 is 0 Å². The fourth-order valence-corrected chi connectivity index (χ4v) is 6.20. The summed E-state index contributed by atoms with van der Waals surface area (Å²) in [6, 6.07) is 3.72. The van der Waals surface area contributed by atoms with Gasteiger partial charge in [0.25, 0.3) is 5.91 Å². The molecule has 2 aliphatic carbocycles. The lowest BCUT2D eigenvalue weighted by Gasteiger charge is -2.54. The Balaban J connectivity index is 1.54. The summed E-state index contributed by atoms with van der Waals surface area (Å²) in [5.41, 5.74) is 0. The molecule has 6 heteroatoms. The molecule has 0 N–H and O–H groups in total. The van der Waals surface area contributed by atoms with Crippen molar-refractivity contribution in [3.63, 3.8) is 0 Å². The lowest BCUT2D eigenvalue weighted by molar-refractivity contribution is -0.142. The molecule has 3 aliphatic rings. The zero-order valence-corrected chi connectivity index (χ0v) is 17.9. The van der Waals surface area contributed by atoms with E-state index in [1.807, 2.05) is 16.9 Å². The minimum absolute atomic E-state index is 0.0290. The van der Waals surface area contributed by atoms with Crippen LogP contribution < -0.4 is 0 Å². The van der Waals surface area contributed by atoms with Gasteiger partial charge in [-0.15, -0.1) is 0 Å². The van der Waals surface area contributed by atoms with Gasteiger partial charge in [-0.25, -0.2) is 0 Å². The molecule has 1 aromatic rings. The van der Waals surface area contributed by atoms with Crippen molar-refractivity contribution in [3.05, 3.63) is 24.2 Å². The van der Waals surface area contributed by atoms with E-state index in [2.05, 4.69) is 6.92 Å². The standard InChI is InChI=1S/C23H34N2O4/c1-15-14-24(23(27)22-5-4-12-29-22)21-13-18(8-11-20(21)25(15)16(2)26)17-6-9-19(28-3)10-7-17/h4-5,12,15,17-21H,6-11,13-14H2,1-3H3/t15-,17?,18?,19?,20?,21?/m0/s1. The smallest absolute Gasteiger partial charge is 0.289 e. The summed E-state index contributed by atoms with van der Waals surface area (Å²) in [5.74, 6) is 1.80. The van der Waals surface area contributed by atoms with E-state index in [0.29, 0.717) is 30.2 Å². The summed E-state index contributed by atoms with van der Waals surface area (Å²) < 4.78 is 11.0. The summed E-state index contributed by atoms with van der Waals surface area (Å²) >= 11 is 0. The first-order chi connectivity index (χ1) is 14.0. The molecule has 4 atom stereocenters. The molecule has 29 heavy (non-hydrogen) atoms. The highest BCUT2D eigenvalue weighted by atomic mass is 16.5. The average molecular weight is 403 g/mol. The van der Waals surface area contributed by atoms with Gasteiger partial charge in [-0.3, -0.25) is 9.59 Å². The van der Waals surface area contributed by atoms with Gasteiger partial charge in [-0.05, 0) is 75.8 Å². The molecular weight excluding hydrogens is 368 g/mol. The Bertz CT molecular complexity index is 710. The zero-order valence-electron chi connectivity index (χ0n) is 17.9. The molecule has 0 spiro atoms. The summed E-state index contributed by atoms with van der Waals surface area (Å²) in [7, 11) is 1.81. The molecule has 0 aromatic carbocycles. The number of ether oxygens (including phenoxy) is 1. The third-order valence-corrected chi connectivity index (χ3v) is 7.59. The predicted molar refractivity (Wildman–Crippen MR) is 109 cm³/mol. The minimum Gasteiger partial charge on any atom is -0.459 e. The second-order valence-electron chi connectivity index (χ2n) is 9.19. The SMILES string of the molecule is COC1CCC(C2CCC3C(C2)N(C(=O)c2ccco2)C[C@H](C)N3C(C)=O)CC1. The van der Waals surface area contributed by atoms with Gasteiger partial charge in [-0.2, -0.15) is 0 Å². The first-order valence-corrected chi connectivity index (χ1v) is 11.2. The quantitative estimate of drug-likeness (QED) is 0.773. The van der Waals surface area contributed by atoms with Crippen LogP contribution in [0.2, 0.25) is 0 Å². The van der Waals surface area contributed by atoms with Gasteiger partial charge in [0.2, 0.25) is 5.91 Å². The summed E-state index contributed by atoms with van der Waals surface area (Å²) in [6.45, 7) is 4.29. The Kier molecular flexibility index (Phi) is 6.00. The first-order valence-electron chi connectivity index (χ1n) is 11.2. The van der Waals surface area contributed by atoms with Gasteiger partial charge in [0.15, 0.2) is 5.76 Å². The highest BCUT2D eigenvalue weighted by Crippen LogP contribution is 2.43. The number of carbonyl (C=O) groups is 2. The first kappa shape index (κ1) is 20.5. The molecule has 2 saturated carbocycles. The molecule has 1 aromatic heterocycles. The number of hydrogen-bond acceptors (Lipinski definition) is 4. The number of rotatable bonds is 3. The van der Waals surface area contributed by atoms with Crippen molar-refractivity contribution in [2.75, 3.05) is 13.7 Å². The van der Waals surface area contributed by atoms with Crippen LogP contribution in [0.15, 0.2) is 22.8 Å². The maximum atomic E-state index is 13.2. The number of hydrogen-bond donors (Lipinski definition) is 0. The van der Waals surface area contributed by atoms with Gasteiger partial charge in [0.1, 0.15) is 0 Å². The molecular formula is C23H34N2O4. The number of furan rings is 1. The Morgan fingerprint density at radius 2 is 1.79 bits per heavy atom. The molecule has 3 unspecified atom stereocenters. The molecule has 0 radical (unpaired) electrons. The maximum Gasteiger partial charge on any atom is 0.289 e. The van der Waals surface area contributed by atoms with Crippen LogP contribution in [0, 0.1) is 11.8 Å². The van der Waals surface area contributed by atoms with E-state index >= 15 is 0 Å². The largest absolute Gasteiger partial charge is 0.459 e. The fraction of sp³-hybridized carbons (Fsp3) is 0.739. The topological polar surface area (TPSA) is 63.0 Å². The highest BCUT2D eigenvalue weighted by molar-refractivity contribution is 5.92. The van der Waals surface area contributed by atoms with Crippen LogP contribution >= 0.6 is 0 Å². The van der Waals surface area contributed by atoms with E-state index in [9.17, 15) is 9.59 Å². The number of carbonyl (C=O) groups excluding carboxylic acids is 2. The van der Waals surface area contributed by atoms with E-state index in [-0.39, 0.29) is 29.9 Å². The van der Waals surface area contributed by atoms with Gasteiger partial charge in [-0.1, -0.05) is 0 Å². The van der Waals surface area contributed by atoms with Gasteiger partial charge in [0, 0.05) is 26.6 Å². The molecule has 2 amide bonds. The lowest BCUT2D eigenvalue weighted by atomic mass is 9.69. The summed E-state index contributed by atoms with van der Waals surface area (Å²) in [6.07, 6.45) is 9.75. The third-order valence-electron chi connectivity index (χ3n) is 7.59. The van der Waals surface area contributed by atoms with Crippen LogP contribution in [0.1, 0.15) is 69.3 Å². The molecule has 2 heterocycles. The molecule has 4 rings (SSSR count). The molecule has 3 fully saturated rings. The lowest BCUT2D eigenvalue weighted by Crippen LogP contribution is -2.67. The Morgan fingerprint density at radius 1 is 1.07 bits per heavy atom. The van der Waals surface area contributed by atoms with Crippen molar-refractivity contribution < 1.29 is 18.7 Å². The van der Waals surface area contributed by atoms with Crippen LogP contribution in [0.4, 0.5) is 0 Å². The zero-order chi connectivity index (χ0) is 20.5. The van der Waals surface area contributed by atoms with Crippen LogP contribution in [-0.4, -0.2) is 59.5 Å². The second kappa shape index (κ2) is 8.50. The van der Waals surface area contributed by atoms with Crippen molar-refractivity contribution in [1.82, 2.24) is 9.80 Å². The maximum absolute atomic E-state index is 13.2. The summed E-state index contributed by atoms with van der Waals surface area (Å²) in [5, 5.41) is 0. The van der Waals surface area contributed by atoms with E-state index in [0.717, 1.165) is 32.1 Å². The number of piperazine rings is 1. The molecule has 0 bridgehead atoms. The van der Waals surface area contributed by atoms with Gasteiger partial charge in [0.05, 0.1) is 24.5 Å². The van der Waals surface area contributed by atoms with E-state index in [1.54, 1.807) is 25.3 Å². The number of methoxy groups -OCH3 is 1. The van der Waals surface area contributed by atoms with Crippen molar-refractivity contribution in [2.24, 2.45) is 11.8 Å². The van der Waals surface area contributed by atoms with Crippen molar-refractivity contribution >= 4 is 11.8 Å². The number of amides is 2. The minimum atomic E-state index is -0.0382. The fourth-order valence-electron chi connectivity index (χ4n) is 6.20. The van der Waals surface area contributed by atoms with E-state index in [4.69, 9.17) is 9.15 Å². The van der Waals surface area contributed by atoms with E-state index < -0.39 is 0 Å². The van der Waals surface area contributed by atoms with Crippen LogP contribution in [0.25, 0.3) is 0 Å². The second-order valence-corrected chi connectivity index (χ2v) is 9.19. The molecule has 1 saturated heterocycles. The Labute approximate surface area is 173 Å². The number of fused-ring (bicyclic) bond motifs is 1. The van der Waals surface area contributed by atoms with Crippen LogP contribution in [0.3, 0.4) is 0 Å². The monoisotopic (exact) mass is 402 g/mol. The van der Waals surface area contributed by atoms with Crippen molar-refractivity contribution in [2.45, 2.75) is 83.0 Å². The molecule has 6 nitrogen and oxygen atoms in total. The van der Waals surface area contributed by atoms with Gasteiger partial charge < -0.3 is 19.0 Å². The number of nitrogens with zero attached hydrogens (tertiary/aromatic N) is 2. The van der Waals surface area contributed by atoms with Crippen molar-refractivity contribution in [1.29, 1.82) is 0 Å². The average Bonchev–Trinajstić information content (AvgIpc) is 3.27. The Hall–Kier alpha value is -1.82. The molecule has 1 aliphatic heterocycles. The van der Waals surface area contributed by atoms with Crippen molar-refractivity contribution in [3.8, 4) is 0 Å². The third kappa shape index (κ3) is 3.96. The normalized spacial score (nSPS) is 35.3. The van der Waals surface area contributed by atoms with Crippen LogP contribution in [0.5, 0.6) is 0 Å². The summed E-state index contributed by atoms with van der Waals surface area (Å²) in [4.78, 5) is 29.7. The van der Waals surface area contributed by atoms with E-state index in [1.165, 1.54) is 12.8 Å². The highest BCUT2D eigenvalue weighted by Gasteiger charge is 2.47. The predicted octanol–water partition coefficient (Wildman–Crippen LogP) is 3.71. The molecule has 160 valence electrons.